The highest BCUT2D eigenvalue weighted by atomic mass is 35.5. The fourth-order valence-corrected chi connectivity index (χ4v) is 3.34. The lowest BCUT2D eigenvalue weighted by Gasteiger charge is -2.16. The first kappa shape index (κ1) is 21.8. The van der Waals surface area contributed by atoms with Crippen molar-refractivity contribution in [3.05, 3.63) is 30.1 Å². The first-order chi connectivity index (χ1) is 10.3. The number of likely N-dealkylation sites (N-methyl/N-ethyl adjacent to an activating group) is 1. The molecule has 0 aliphatic carbocycles. The molecule has 0 saturated carbocycles. The summed E-state index contributed by atoms with van der Waals surface area (Å²) in [5, 5.41) is 4.98. The second kappa shape index (κ2) is 9.85. The molecule has 0 spiro atoms. The van der Waals surface area contributed by atoms with E-state index in [1.165, 1.54) is 19.1 Å². The zero-order valence-corrected chi connectivity index (χ0v) is 15.1. The number of nitrogens with one attached hydrogen (secondary N) is 2. The van der Waals surface area contributed by atoms with Crippen molar-refractivity contribution in [1.29, 1.82) is 0 Å². The van der Waals surface area contributed by atoms with Gasteiger partial charge in [-0.15, -0.1) is 12.4 Å². The van der Waals surface area contributed by atoms with Crippen molar-refractivity contribution in [3.63, 3.8) is 0 Å². The molecule has 0 radical (unpaired) electrons. The van der Waals surface area contributed by atoms with Gasteiger partial charge in [-0.3, -0.25) is 4.79 Å². The normalized spacial score (nSPS) is 13.7. The van der Waals surface area contributed by atoms with Crippen LogP contribution in [0.15, 0.2) is 29.2 Å². The van der Waals surface area contributed by atoms with Gasteiger partial charge in [-0.2, -0.15) is 0 Å². The zero-order valence-electron chi connectivity index (χ0n) is 13.5. The summed E-state index contributed by atoms with van der Waals surface area (Å²) in [5.41, 5.74) is 0. The maximum Gasteiger partial charge on any atom is 0.221 e. The summed E-state index contributed by atoms with van der Waals surface area (Å²) in [6.45, 7) is 6.62. The molecule has 1 aromatic carbocycles. The predicted molar refractivity (Wildman–Crippen MR) is 91.1 cm³/mol. The summed E-state index contributed by atoms with van der Waals surface area (Å²) in [6.07, 6.45) is -0.126. The number of rotatable bonds is 8. The molecule has 1 aromatic rings. The smallest absolute Gasteiger partial charge is 0.221 e. The lowest BCUT2D eigenvalue weighted by molar-refractivity contribution is -0.121. The second-order valence-electron chi connectivity index (χ2n) is 5.28. The van der Waals surface area contributed by atoms with Gasteiger partial charge in [0.2, 0.25) is 5.91 Å². The van der Waals surface area contributed by atoms with Crippen LogP contribution in [0.2, 0.25) is 0 Å². The average Bonchev–Trinajstić information content (AvgIpc) is 2.46. The van der Waals surface area contributed by atoms with Crippen LogP contribution in [0, 0.1) is 5.82 Å². The molecule has 1 amide bonds. The Morgan fingerprint density at radius 1 is 1.22 bits per heavy atom. The van der Waals surface area contributed by atoms with Gasteiger partial charge < -0.3 is 10.6 Å². The van der Waals surface area contributed by atoms with Crippen molar-refractivity contribution in [1.82, 2.24) is 10.6 Å². The van der Waals surface area contributed by atoms with Gasteiger partial charge in [-0.25, -0.2) is 12.8 Å². The Labute approximate surface area is 143 Å². The van der Waals surface area contributed by atoms with Crippen LogP contribution in [-0.4, -0.2) is 38.7 Å². The lowest BCUT2D eigenvalue weighted by Crippen LogP contribution is -2.40. The Bertz CT molecular complexity index is 593. The molecule has 1 unspecified atom stereocenters. The van der Waals surface area contributed by atoms with Gasteiger partial charge >= 0.3 is 0 Å². The number of halogens is 2. The third-order valence-corrected chi connectivity index (χ3v) is 5.46. The number of sulfone groups is 1. The molecule has 5 nitrogen and oxygen atoms in total. The van der Waals surface area contributed by atoms with Gasteiger partial charge in [-0.1, -0.05) is 6.92 Å². The Morgan fingerprint density at radius 2 is 1.78 bits per heavy atom. The maximum absolute atomic E-state index is 12.9. The fraction of sp³-hybridized carbons (Fsp3) is 0.533. The molecule has 23 heavy (non-hydrogen) atoms. The number of benzene rings is 1. The minimum absolute atomic E-state index is 0. The topological polar surface area (TPSA) is 75.3 Å². The molecule has 0 aliphatic rings. The lowest BCUT2D eigenvalue weighted by atomic mass is 10.3. The molecule has 0 saturated heterocycles. The summed E-state index contributed by atoms with van der Waals surface area (Å²) in [7, 11) is -3.64. The van der Waals surface area contributed by atoms with E-state index in [0.717, 1.165) is 18.7 Å². The van der Waals surface area contributed by atoms with Crippen molar-refractivity contribution in [2.45, 2.75) is 43.4 Å². The van der Waals surface area contributed by atoms with E-state index in [1.807, 2.05) is 13.8 Å². The Kier molecular flexibility index (Phi) is 9.34. The van der Waals surface area contributed by atoms with Crippen molar-refractivity contribution in [2.75, 3.05) is 13.1 Å². The summed E-state index contributed by atoms with van der Waals surface area (Å²) < 4.78 is 37.5. The largest absolute Gasteiger partial charge is 0.355 e. The minimum Gasteiger partial charge on any atom is -0.355 e. The first-order valence-corrected chi connectivity index (χ1v) is 8.81. The van der Waals surface area contributed by atoms with E-state index in [-0.39, 0.29) is 35.7 Å². The van der Waals surface area contributed by atoms with Gasteiger partial charge in [-0.05, 0) is 44.7 Å². The Hall–Kier alpha value is -1.18. The number of carbonyl (C=O) groups excluding carboxylic acids is 1. The van der Waals surface area contributed by atoms with Gasteiger partial charge in [0.05, 0.1) is 10.1 Å². The van der Waals surface area contributed by atoms with E-state index in [1.54, 1.807) is 0 Å². The summed E-state index contributed by atoms with van der Waals surface area (Å²) >= 11 is 0. The van der Waals surface area contributed by atoms with Gasteiger partial charge in [0, 0.05) is 19.0 Å². The fourth-order valence-electron chi connectivity index (χ4n) is 1.99. The summed E-state index contributed by atoms with van der Waals surface area (Å²) in [4.78, 5) is 11.9. The average molecular weight is 367 g/mol. The molecular formula is C15H24ClFN2O3S. The zero-order chi connectivity index (χ0) is 16.8. The molecule has 8 heteroatoms. The van der Waals surface area contributed by atoms with Crippen LogP contribution in [0.4, 0.5) is 4.39 Å². The maximum atomic E-state index is 12.9. The van der Waals surface area contributed by atoms with Crippen LogP contribution >= 0.6 is 12.4 Å². The van der Waals surface area contributed by atoms with Gasteiger partial charge in [0.15, 0.2) is 9.84 Å². The third kappa shape index (κ3) is 6.85. The molecular weight excluding hydrogens is 343 g/mol. The minimum atomic E-state index is -3.64. The quantitative estimate of drug-likeness (QED) is 0.689. The summed E-state index contributed by atoms with van der Waals surface area (Å²) in [5.74, 6) is -0.815. The number of hydrogen-bond acceptors (Lipinski definition) is 4. The van der Waals surface area contributed by atoms with E-state index >= 15 is 0 Å². The first-order valence-electron chi connectivity index (χ1n) is 7.27. The molecule has 2 atom stereocenters. The van der Waals surface area contributed by atoms with E-state index in [4.69, 9.17) is 0 Å². The van der Waals surface area contributed by atoms with E-state index < -0.39 is 20.9 Å². The third-order valence-electron chi connectivity index (χ3n) is 3.30. The standard InChI is InChI=1S/C15H23FN2O3S.ClH/c1-4-17-11(2)10-18-15(19)9-12(3)22(20,21)14-7-5-13(16)6-8-14;/h5-8,11-12,17H,4,9-10H2,1-3H3,(H,18,19);1H/t11-,12?;/m1./s1. The van der Waals surface area contributed by atoms with E-state index in [2.05, 4.69) is 10.6 Å². The van der Waals surface area contributed by atoms with Gasteiger partial charge in [0.1, 0.15) is 5.82 Å². The van der Waals surface area contributed by atoms with E-state index in [0.29, 0.717) is 6.54 Å². The highest BCUT2D eigenvalue weighted by molar-refractivity contribution is 7.92. The Balaban J connectivity index is 0.00000484. The number of hydrogen-bond donors (Lipinski definition) is 2. The van der Waals surface area contributed by atoms with Crippen molar-refractivity contribution < 1.29 is 17.6 Å². The monoisotopic (exact) mass is 366 g/mol. The van der Waals surface area contributed by atoms with Crippen LogP contribution in [0.1, 0.15) is 27.2 Å². The van der Waals surface area contributed by atoms with Crippen molar-refractivity contribution >= 4 is 28.2 Å². The summed E-state index contributed by atoms with van der Waals surface area (Å²) in [6, 6.07) is 4.74. The van der Waals surface area contributed by atoms with Crippen LogP contribution in [0.3, 0.4) is 0 Å². The number of carbonyl (C=O) groups is 1. The Morgan fingerprint density at radius 3 is 2.30 bits per heavy atom. The van der Waals surface area contributed by atoms with Crippen molar-refractivity contribution in [3.8, 4) is 0 Å². The van der Waals surface area contributed by atoms with Crippen LogP contribution < -0.4 is 10.6 Å². The van der Waals surface area contributed by atoms with Gasteiger partial charge in [0.25, 0.3) is 0 Å². The van der Waals surface area contributed by atoms with E-state index in [9.17, 15) is 17.6 Å². The molecule has 2 N–H and O–H groups in total. The highest BCUT2D eigenvalue weighted by Crippen LogP contribution is 2.18. The molecule has 0 heterocycles. The molecule has 0 fully saturated rings. The van der Waals surface area contributed by atoms with Crippen LogP contribution in [0.5, 0.6) is 0 Å². The second-order valence-corrected chi connectivity index (χ2v) is 7.64. The van der Waals surface area contributed by atoms with Crippen LogP contribution in [-0.2, 0) is 14.6 Å². The predicted octanol–water partition coefficient (Wildman–Crippen LogP) is 1.91. The highest BCUT2D eigenvalue weighted by Gasteiger charge is 2.25. The number of amides is 1. The molecule has 0 aromatic heterocycles. The van der Waals surface area contributed by atoms with Crippen LogP contribution in [0.25, 0.3) is 0 Å². The molecule has 0 aliphatic heterocycles. The van der Waals surface area contributed by atoms with Crippen molar-refractivity contribution in [2.24, 2.45) is 0 Å². The molecule has 132 valence electrons. The molecule has 0 bridgehead atoms. The molecule has 1 rings (SSSR count). The SMILES string of the molecule is CCN[C@H](C)CNC(=O)CC(C)S(=O)(=O)c1ccc(F)cc1.Cl.